The molecule has 0 amide bonds. The first-order chi connectivity index (χ1) is 5.63. The number of amidine groups is 1. The second-order valence-electron chi connectivity index (χ2n) is 3.04. The van der Waals surface area contributed by atoms with E-state index in [2.05, 4.69) is 17.0 Å². The van der Waals surface area contributed by atoms with Crippen LogP contribution >= 0.6 is 0 Å². The van der Waals surface area contributed by atoms with E-state index < -0.39 is 0 Å². The Bertz CT molecular complexity index is 147. The predicted octanol–water partition coefficient (Wildman–Crippen LogP) is 0.853. The first kappa shape index (κ1) is 11.2. The van der Waals surface area contributed by atoms with Gasteiger partial charge in [0.2, 0.25) is 0 Å². The van der Waals surface area contributed by atoms with E-state index in [1.165, 1.54) is 0 Å². The highest BCUT2D eigenvalue weighted by Crippen LogP contribution is 1.98. The lowest BCUT2D eigenvalue weighted by Gasteiger charge is -2.22. The van der Waals surface area contributed by atoms with Gasteiger partial charge in [0.25, 0.3) is 0 Å². The van der Waals surface area contributed by atoms with Crippen molar-refractivity contribution in [2.24, 2.45) is 10.9 Å². The van der Waals surface area contributed by atoms with Crippen LogP contribution in [-0.4, -0.2) is 35.6 Å². The highest BCUT2D eigenvalue weighted by molar-refractivity contribution is 5.84. The van der Waals surface area contributed by atoms with Gasteiger partial charge in [-0.1, -0.05) is 18.5 Å². The molecule has 1 unspecified atom stereocenters. The molecule has 0 aliphatic carbocycles. The molecule has 0 spiro atoms. The normalized spacial score (nSPS) is 15.2. The van der Waals surface area contributed by atoms with Crippen molar-refractivity contribution in [3.63, 3.8) is 0 Å². The molecule has 0 aromatic rings. The van der Waals surface area contributed by atoms with Crippen molar-refractivity contribution in [2.75, 3.05) is 13.6 Å². The Kier molecular flexibility index (Phi) is 5.45. The van der Waals surface area contributed by atoms with Crippen LogP contribution in [0.1, 0.15) is 26.7 Å². The van der Waals surface area contributed by atoms with E-state index in [1.54, 1.807) is 0 Å². The predicted molar refractivity (Wildman–Crippen MR) is 50.4 cm³/mol. The molecule has 0 saturated heterocycles. The van der Waals surface area contributed by atoms with Crippen LogP contribution in [0, 0.1) is 0 Å². The summed E-state index contributed by atoms with van der Waals surface area (Å²) in [5.74, 6) is 0.272. The van der Waals surface area contributed by atoms with Crippen molar-refractivity contribution in [1.82, 2.24) is 4.90 Å². The van der Waals surface area contributed by atoms with E-state index in [0.717, 1.165) is 19.4 Å². The number of nitrogens with two attached hydrogens (primary N) is 1. The van der Waals surface area contributed by atoms with E-state index in [4.69, 9.17) is 10.9 Å². The Morgan fingerprint density at radius 3 is 2.67 bits per heavy atom. The fourth-order valence-corrected chi connectivity index (χ4v) is 0.911. The molecule has 0 aliphatic rings. The zero-order valence-corrected chi connectivity index (χ0v) is 8.12. The maximum atomic E-state index is 8.42. The van der Waals surface area contributed by atoms with Crippen molar-refractivity contribution in [2.45, 2.75) is 32.7 Å². The average molecular weight is 173 g/mol. The molecule has 0 fully saturated rings. The summed E-state index contributed by atoms with van der Waals surface area (Å²) >= 11 is 0. The van der Waals surface area contributed by atoms with Gasteiger partial charge in [-0.2, -0.15) is 0 Å². The van der Waals surface area contributed by atoms with Gasteiger partial charge < -0.3 is 10.9 Å². The largest absolute Gasteiger partial charge is 0.409 e. The van der Waals surface area contributed by atoms with Crippen molar-refractivity contribution < 1.29 is 5.21 Å². The highest BCUT2D eigenvalue weighted by atomic mass is 16.4. The third kappa shape index (κ3) is 3.57. The summed E-state index contributed by atoms with van der Waals surface area (Å²) in [6.07, 6.45) is 2.30. The molecule has 12 heavy (non-hydrogen) atoms. The van der Waals surface area contributed by atoms with Gasteiger partial charge in [0, 0.05) is 0 Å². The minimum absolute atomic E-state index is 0.0153. The van der Waals surface area contributed by atoms with Gasteiger partial charge in [0.1, 0.15) is 0 Å². The Labute approximate surface area is 74.0 Å². The second-order valence-corrected chi connectivity index (χ2v) is 3.04. The van der Waals surface area contributed by atoms with Crippen molar-refractivity contribution in [3.05, 3.63) is 0 Å². The van der Waals surface area contributed by atoms with E-state index in [1.807, 2.05) is 14.0 Å². The minimum atomic E-state index is 0.0153. The summed E-state index contributed by atoms with van der Waals surface area (Å²) in [6.45, 7) is 5.04. The molecule has 0 aromatic carbocycles. The summed E-state index contributed by atoms with van der Waals surface area (Å²) in [4.78, 5) is 2.07. The van der Waals surface area contributed by atoms with Gasteiger partial charge in [-0.3, -0.25) is 4.90 Å². The summed E-state index contributed by atoms with van der Waals surface area (Å²) in [5.41, 5.74) is 5.45. The molecule has 0 aliphatic heterocycles. The van der Waals surface area contributed by atoms with Gasteiger partial charge in [0.05, 0.1) is 6.04 Å². The Balaban J connectivity index is 3.83. The lowest BCUT2D eigenvalue weighted by Crippen LogP contribution is -2.40. The van der Waals surface area contributed by atoms with E-state index in [-0.39, 0.29) is 11.9 Å². The third-order valence-corrected chi connectivity index (χ3v) is 2.07. The standard InChI is InChI=1S/C8H19N3O/c1-4-5-6-11(3)7(2)8(9)10-12/h7,12H,4-6H2,1-3H3,(H2,9,10). The molecule has 0 aromatic heterocycles. The van der Waals surface area contributed by atoms with Crippen molar-refractivity contribution in [1.29, 1.82) is 0 Å². The van der Waals surface area contributed by atoms with Gasteiger partial charge in [-0.05, 0) is 26.9 Å². The number of likely N-dealkylation sites (N-methyl/N-ethyl adjacent to an activating group) is 1. The van der Waals surface area contributed by atoms with E-state index >= 15 is 0 Å². The maximum Gasteiger partial charge on any atom is 0.156 e. The SMILES string of the molecule is CCCCN(C)C(C)C(N)=NO. The Hall–Kier alpha value is -0.770. The fourth-order valence-electron chi connectivity index (χ4n) is 0.911. The first-order valence-corrected chi connectivity index (χ1v) is 4.31. The Morgan fingerprint density at radius 1 is 1.67 bits per heavy atom. The number of nitrogens with zero attached hydrogens (tertiary/aromatic N) is 2. The molecule has 4 heteroatoms. The number of hydrogen-bond acceptors (Lipinski definition) is 3. The number of rotatable bonds is 5. The molecular weight excluding hydrogens is 154 g/mol. The van der Waals surface area contributed by atoms with Crippen LogP contribution in [0.3, 0.4) is 0 Å². The van der Waals surface area contributed by atoms with Gasteiger partial charge in [-0.25, -0.2) is 0 Å². The molecule has 4 nitrogen and oxygen atoms in total. The van der Waals surface area contributed by atoms with Crippen LogP contribution in [-0.2, 0) is 0 Å². The number of hydrogen-bond donors (Lipinski definition) is 2. The summed E-state index contributed by atoms with van der Waals surface area (Å²) in [6, 6.07) is 0.0153. The molecule has 1 atom stereocenters. The third-order valence-electron chi connectivity index (χ3n) is 2.07. The van der Waals surface area contributed by atoms with Crippen LogP contribution in [0.4, 0.5) is 0 Å². The van der Waals surface area contributed by atoms with Gasteiger partial charge in [-0.15, -0.1) is 0 Å². The summed E-state index contributed by atoms with van der Waals surface area (Å²) in [5, 5.41) is 11.4. The lowest BCUT2D eigenvalue weighted by atomic mass is 10.2. The fraction of sp³-hybridized carbons (Fsp3) is 0.875. The molecular formula is C8H19N3O. The first-order valence-electron chi connectivity index (χ1n) is 4.31. The zero-order chi connectivity index (χ0) is 9.56. The van der Waals surface area contributed by atoms with Gasteiger partial charge >= 0.3 is 0 Å². The molecule has 0 heterocycles. The minimum Gasteiger partial charge on any atom is -0.409 e. The summed E-state index contributed by atoms with van der Waals surface area (Å²) in [7, 11) is 1.97. The van der Waals surface area contributed by atoms with Crippen LogP contribution in [0.2, 0.25) is 0 Å². The smallest absolute Gasteiger partial charge is 0.156 e. The molecule has 0 radical (unpaired) electrons. The highest BCUT2D eigenvalue weighted by Gasteiger charge is 2.12. The number of unbranched alkanes of at least 4 members (excludes halogenated alkanes) is 1. The average Bonchev–Trinajstić information content (AvgIpc) is 2.11. The van der Waals surface area contributed by atoms with E-state index in [0.29, 0.717) is 0 Å². The molecule has 72 valence electrons. The molecule has 0 bridgehead atoms. The molecule has 0 saturated carbocycles. The second kappa shape index (κ2) is 5.83. The lowest BCUT2D eigenvalue weighted by molar-refractivity contribution is 0.281. The van der Waals surface area contributed by atoms with Crippen molar-refractivity contribution in [3.8, 4) is 0 Å². The Morgan fingerprint density at radius 2 is 2.25 bits per heavy atom. The quantitative estimate of drug-likeness (QED) is 0.280. The molecule has 3 N–H and O–H groups in total. The van der Waals surface area contributed by atoms with Crippen LogP contribution in [0.5, 0.6) is 0 Å². The zero-order valence-electron chi connectivity index (χ0n) is 8.12. The monoisotopic (exact) mass is 173 g/mol. The summed E-state index contributed by atoms with van der Waals surface area (Å²) < 4.78 is 0. The van der Waals surface area contributed by atoms with Gasteiger partial charge in [0.15, 0.2) is 5.84 Å². The maximum absolute atomic E-state index is 8.42. The van der Waals surface area contributed by atoms with E-state index in [9.17, 15) is 0 Å². The van der Waals surface area contributed by atoms with Crippen LogP contribution in [0.15, 0.2) is 5.16 Å². The van der Waals surface area contributed by atoms with Crippen LogP contribution < -0.4 is 5.73 Å². The van der Waals surface area contributed by atoms with Crippen molar-refractivity contribution >= 4 is 5.84 Å². The number of oxime groups is 1. The topological polar surface area (TPSA) is 61.8 Å². The molecule has 0 rings (SSSR count). The van der Waals surface area contributed by atoms with Crippen LogP contribution in [0.25, 0.3) is 0 Å².